The Morgan fingerprint density at radius 2 is 1.87 bits per heavy atom. The maximum Gasteiger partial charge on any atom is 0.337 e. The molecule has 2 aromatic rings. The van der Waals surface area contributed by atoms with Crippen molar-refractivity contribution in [3.05, 3.63) is 84.0 Å². The first-order valence-corrected chi connectivity index (χ1v) is 9.53. The Kier molecular flexibility index (Phi) is 7.27. The normalized spacial score (nSPS) is 15.1. The topological polar surface area (TPSA) is 42.0 Å². The minimum Gasteiger partial charge on any atom is -0.496 e. The average molecular weight is 413 g/mol. The molecule has 0 spiro atoms. The number of carbonyl (C=O) groups is 1. The van der Waals surface area contributed by atoms with Crippen molar-refractivity contribution in [3.63, 3.8) is 0 Å². The number of halogens is 1. The zero-order valence-corrected chi connectivity index (χ0v) is 18.3. The summed E-state index contributed by atoms with van der Waals surface area (Å²) in [5, 5.41) is 0. The number of rotatable bonds is 4. The molecule has 0 unspecified atom stereocenters. The van der Waals surface area contributed by atoms with Gasteiger partial charge in [0.05, 0.1) is 32.4 Å². The van der Waals surface area contributed by atoms with Gasteiger partial charge in [-0.2, -0.15) is 0 Å². The fourth-order valence-corrected chi connectivity index (χ4v) is 3.59. The Labute approximate surface area is 178 Å². The van der Waals surface area contributed by atoms with Crippen LogP contribution in [0.4, 0.5) is 10.1 Å². The number of ether oxygens (including phenoxy) is 2. The van der Waals surface area contributed by atoms with Gasteiger partial charge < -0.3 is 19.3 Å². The second kappa shape index (κ2) is 9.48. The summed E-state index contributed by atoms with van der Waals surface area (Å²) in [7, 11) is 4.87. The van der Waals surface area contributed by atoms with Gasteiger partial charge in [0.25, 0.3) is 0 Å². The summed E-state index contributed by atoms with van der Waals surface area (Å²) in [4.78, 5) is 16.0. The molecular formula is C24H29FN2O3. The van der Waals surface area contributed by atoms with Gasteiger partial charge in [-0.25, -0.2) is 9.18 Å². The van der Waals surface area contributed by atoms with Crippen LogP contribution in [0, 0.1) is 12.7 Å². The maximum absolute atomic E-state index is 14.7. The molecule has 5 nitrogen and oxygen atoms in total. The first-order chi connectivity index (χ1) is 14.3. The summed E-state index contributed by atoms with van der Waals surface area (Å²) in [5.74, 6) is 0.634. The lowest BCUT2D eigenvalue weighted by Gasteiger charge is -2.43. The molecule has 30 heavy (non-hydrogen) atoms. The molecule has 0 amide bonds. The molecule has 0 aliphatic carbocycles. The van der Waals surface area contributed by atoms with E-state index in [1.807, 2.05) is 29.8 Å². The smallest absolute Gasteiger partial charge is 0.337 e. The van der Waals surface area contributed by atoms with Crippen LogP contribution in [-0.4, -0.2) is 32.1 Å². The molecule has 2 aromatic carbocycles. The van der Waals surface area contributed by atoms with Gasteiger partial charge >= 0.3 is 5.97 Å². The average Bonchev–Trinajstić information content (AvgIpc) is 2.77. The summed E-state index contributed by atoms with van der Waals surface area (Å²) in [5.41, 5.74) is 3.56. The molecular weight excluding hydrogens is 383 g/mol. The van der Waals surface area contributed by atoms with E-state index in [9.17, 15) is 9.18 Å². The van der Waals surface area contributed by atoms with Crippen LogP contribution in [0.3, 0.4) is 0 Å². The van der Waals surface area contributed by atoms with E-state index in [4.69, 9.17) is 9.47 Å². The fraction of sp³-hybridized carbons (Fsp3) is 0.292. The van der Waals surface area contributed by atoms with E-state index in [2.05, 4.69) is 26.7 Å². The van der Waals surface area contributed by atoms with Crippen molar-refractivity contribution >= 4 is 11.7 Å². The highest BCUT2D eigenvalue weighted by molar-refractivity contribution is 5.91. The molecule has 1 aliphatic rings. The molecule has 0 radical (unpaired) electrons. The van der Waals surface area contributed by atoms with Gasteiger partial charge in [0.1, 0.15) is 17.4 Å². The highest BCUT2D eigenvalue weighted by Gasteiger charge is 2.31. The number of benzene rings is 2. The van der Waals surface area contributed by atoms with Crippen molar-refractivity contribution in [2.45, 2.75) is 26.4 Å². The van der Waals surface area contributed by atoms with E-state index in [0.717, 1.165) is 22.6 Å². The minimum atomic E-state index is -0.413. The quantitative estimate of drug-likeness (QED) is 0.509. The van der Waals surface area contributed by atoms with Gasteiger partial charge in [0.2, 0.25) is 0 Å². The van der Waals surface area contributed by atoms with Crippen molar-refractivity contribution < 1.29 is 18.7 Å². The SMILES string of the molecule is C=C.C=C1N(Cc2c(F)ccc(OC)c2C)c2cc(C(=O)OC)ccc2[C@H](C)N1C. The van der Waals surface area contributed by atoms with Gasteiger partial charge in [-0.3, -0.25) is 0 Å². The van der Waals surface area contributed by atoms with Gasteiger partial charge in [0, 0.05) is 18.3 Å². The van der Waals surface area contributed by atoms with E-state index >= 15 is 0 Å². The van der Waals surface area contributed by atoms with Crippen LogP contribution in [0.5, 0.6) is 5.75 Å². The number of nitrogens with zero attached hydrogens (tertiary/aromatic N) is 2. The van der Waals surface area contributed by atoms with Crippen molar-refractivity contribution in [1.29, 1.82) is 0 Å². The predicted octanol–water partition coefficient (Wildman–Crippen LogP) is 5.22. The molecule has 0 saturated heterocycles. The lowest BCUT2D eigenvalue weighted by molar-refractivity contribution is 0.0600. The van der Waals surface area contributed by atoms with E-state index in [0.29, 0.717) is 16.9 Å². The molecule has 1 aliphatic heterocycles. The molecule has 1 atom stereocenters. The Balaban J connectivity index is 0.00000155. The molecule has 0 aromatic heterocycles. The molecule has 0 bridgehead atoms. The Morgan fingerprint density at radius 1 is 1.20 bits per heavy atom. The monoisotopic (exact) mass is 412 g/mol. The summed E-state index contributed by atoms with van der Waals surface area (Å²) in [6.45, 7) is 14.4. The zero-order valence-electron chi connectivity index (χ0n) is 18.3. The van der Waals surface area contributed by atoms with Crippen LogP contribution in [0.2, 0.25) is 0 Å². The lowest BCUT2D eigenvalue weighted by Crippen LogP contribution is -2.39. The molecule has 1 heterocycles. The Bertz CT molecular complexity index is 958. The first kappa shape index (κ1) is 23.0. The summed E-state index contributed by atoms with van der Waals surface area (Å²) in [6, 6.07) is 8.54. The van der Waals surface area contributed by atoms with Crippen LogP contribution >= 0.6 is 0 Å². The largest absolute Gasteiger partial charge is 0.496 e. The summed E-state index contributed by atoms with van der Waals surface area (Å²) in [6.07, 6.45) is 0. The molecule has 0 saturated carbocycles. The van der Waals surface area contributed by atoms with Crippen LogP contribution in [0.25, 0.3) is 0 Å². The van der Waals surface area contributed by atoms with Crippen LogP contribution in [0.1, 0.15) is 40.0 Å². The van der Waals surface area contributed by atoms with Gasteiger partial charge in [-0.05, 0) is 49.2 Å². The number of methoxy groups -OCH3 is 2. The Hall–Kier alpha value is -3.28. The zero-order chi connectivity index (χ0) is 22.6. The van der Waals surface area contributed by atoms with Crippen molar-refractivity contribution in [3.8, 4) is 5.75 Å². The van der Waals surface area contributed by atoms with Crippen molar-refractivity contribution in [2.75, 3.05) is 26.2 Å². The van der Waals surface area contributed by atoms with Crippen LogP contribution in [0.15, 0.2) is 55.9 Å². The maximum atomic E-state index is 14.7. The number of esters is 1. The summed E-state index contributed by atoms with van der Waals surface area (Å²) >= 11 is 0. The second-order valence-electron chi connectivity index (χ2n) is 6.91. The molecule has 0 fully saturated rings. The molecule has 3 rings (SSSR count). The Morgan fingerprint density at radius 3 is 2.47 bits per heavy atom. The van der Waals surface area contributed by atoms with E-state index < -0.39 is 5.97 Å². The minimum absolute atomic E-state index is 0.0710. The van der Waals surface area contributed by atoms with Crippen LogP contribution in [-0.2, 0) is 11.3 Å². The third kappa shape index (κ3) is 4.03. The van der Waals surface area contributed by atoms with E-state index in [-0.39, 0.29) is 18.4 Å². The molecule has 6 heteroatoms. The highest BCUT2D eigenvalue weighted by Crippen LogP contribution is 2.41. The van der Waals surface area contributed by atoms with Crippen molar-refractivity contribution in [2.24, 2.45) is 0 Å². The van der Waals surface area contributed by atoms with E-state index in [1.54, 1.807) is 25.3 Å². The number of fused-ring (bicyclic) bond motifs is 1. The number of anilines is 1. The third-order valence-electron chi connectivity index (χ3n) is 5.52. The molecule has 0 N–H and O–H groups in total. The lowest BCUT2D eigenvalue weighted by atomic mass is 9.97. The highest BCUT2D eigenvalue weighted by atomic mass is 19.1. The predicted molar refractivity (Wildman–Crippen MR) is 118 cm³/mol. The van der Waals surface area contributed by atoms with Crippen molar-refractivity contribution in [1.82, 2.24) is 4.90 Å². The van der Waals surface area contributed by atoms with Gasteiger partial charge in [-0.15, -0.1) is 13.2 Å². The first-order valence-electron chi connectivity index (χ1n) is 9.53. The fourth-order valence-electron chi connectivity index (χ4n) is 3.59. The molecule has 160 valence electrons. The van der Waals surface area contributed by atoms with Crippen LogP contribution < -0.4 is 9.64 Å². The van der Waals surface area contributed by atoms with Gasteiger partial charge in [-0.1, -0.05) is 12.6 Å². The number of hydrogen-bond acceptors (Lipinski definition) is 5. The van der Waals surface area contributed by atoms with Gasteiger partial charge in [0.15, 0.2) is 0 Å². The third-order valence-corrected chi connectivity index (χ3v) is 5.52. The number of carbonyl (C=O) groups excluding carboxylic acids is 1. The number of hydrogen-bond donors (Lipinski definition) is 0. The second-order valence-corrected chi connectivity index (χ2v) is 6.91. The standard InChI is InChI=1S/C22H25FN2O3.C2H4/c1-13-18(19(23)9-10-21(13)27-5)12-25-15(3)24(4)14(2)17-8-7-16(11-20(17)25)22(26)28-6;1-2/h7-11,14H,3,12H2,1-2,4-6H3;1-2H2/t14-;/m0./s1. The summed E-state index contributed by atoms with van der Waals surface area (Å²) < 4.78 is 24.9. The van der Waals surface area contributed by atoms with E-state index in [1.165, 1.54) is 13.2 Å².